The molecule has 0 fully saturated rings. The lowest BCUT2D eigenvalue weighted by atomic mass is 10.1. The summed E-state index contributed by atoms with van der Waals surface area (Å²) in [5.41, 5.74) is 1.57. The number of carbonyl (C=O) groups is 1. The van der Waals surface area contributed by atoms with Gasteiger partial charge in [-0.15, -0.1) is 0 Å². The minimum atomic E-state index is -0.521. The van der Waals surface area contributed by atoms with Crippen molar-refractivity contribution in [3.63, 3.8) is 0 Å². The Morgan fingerprint density at radius 1 is 1.08 bits per heavy atom. The van der Waals surface area contributed by atoms with E-state index in [4.69, 9.17) is 23.7 Å². The summed E-state index contributed by atoms with van der Waals surface area (Å²) in [6, 6.07) is 10.6. The smallest absolute Gasteiger partial charge is 0.363 e. The molecule has 0 unspecified atom stereocenters. The molecule has 132 valence electrons. The molecule has 0 N–H and O–H groups in total. The number of benzene rings is 2. The molecule has 2 aromatic rings. The molecule has 0 atom stereocenters. The van der Waals surface area contributed by atoms with Gasteiger partial charge in [0.15, 0.2) is 17.2 Å². The van der Waals surface area contributed by atoms with E-state index in [1.54, 1.807) is 49.6 Å². The van der Waals surface area contributed by atoms with Crippen molar-refractivity contribution in [1.29, 1.82) is 0 Å². The molecule has 2 heterocycles. The van der Waals surface area contributed by atoms with Crippen LogP contribution in [0.3, 0.4) is 0 Å². The van der Waals surface area contributed by atoms with Crippen LogP contribution in [0.4, 0.5) is 0 Å². The molecule has 4 rings (SSSR count). The van der Waals surface area contributed by atoms with Crippen LogP contribution in [0.5, 0.6) is 23.0 Å². The molecule has 7 heteroatoms. The van der Waals surface area contributed by atoms with Crippen LogP contribution in [0.25, 0.3) is 6.08 Å². The molecule has 0 saturated heterocycles. The number of hydrogen-bond acceptors (Lipinski definition) is 7. The maximum absolute atomic E-state index is 12.2. The predicted molar refractivity (Wildman–Crippen MR) is 92.7 cm³/mol. The first-order valence-corrected chi connectivity index (χ1v) is 7.82. The Balaban J connectivity index is 1.66. The third-order valence-corrected chi connectivity index (χ3v) is 3.94. The van der Waals surface area contributed by atoms with Crippen LogP contribution in [0.2, 0.25) is 0 Å². The van der Waals surface area contributed by atoms with E-state index in [1.807, 2.05) is 0 Å². The summed E-state index contributed by atoms with van der Waals surface area (Å²) in [4.78, 5) is 16.4. The minimum Gasteiger partial charge on any atom is -0.497 e. The Labute approximate surface area is 149 Å². The number of rotatable bonds is 4. The number of cyclic esters (lactones) is 1. The second-order valence-corrected chi connectivity index (χ2v) is 5.52. The van der Waals surface area contributed by atoms with E-state index in [2.05, 4.69) is 4.99 Å². The molecule has 0 saturated carbocycles. The van der Waals surface area contributed by atoms with Gasteiger partial charge in [-0.25, -0.2) is 9.79 Å². The van der Waals surface area contributed by atoms with Crippen molar-refractivity contribution in [1.82, 2.24) is 0 Å². The highest BCUT2D eigenvalue weighted by Gasteiger charge is 2.25. The van der Waals surface area contributed by atoms with Crippen molar-refractivity contribution < 1.29 is 28.5 Å². The van der Waals surface area contributed by atoms with Gasteiger partial charge in [-0.2, -0.15) is 0 Å². The molecule has 0 radical (unpaired) electrons. The van der Waals surface area contributed by atoms with Crippen LogP contribution in [-0.4, -0.2) is 32.9 Å². The Hall–Kier alpha value is -3.48. The Morgan fingerprint density at radius 3 is 2.62 bits per heavy atom. The fourth-order valence-electron chi connectivity index (χ4n) is 2.66. The first kappa shape index (κ1) is 16.0. The molecule has 2 aliphatic rings. The zero-order valence-electron chi connectivity index (χ0n) is 14.1. The van der Waals surface area contributed by atoms with Crippen molar-refractivity contribution in [3.8, 4) is 23.0 Å². The van der Waals surface area contributed by atoms with Crippen LogP contribution in [-0.2, 0) is 9.53 Å². The quantitative estimate of drug-likeness (QED) is 0.621. The van der Waals surface area contributed by atoms with Crippen LogP contribution in [0.15, 0.2) is 47.1 Å². The van der Waals surface area contributed by atoms with Crippen molar-refractivity contribution in [2.75, 3.05) is 21.0 Å². The number of carbonyl (C=O) groups excluding carboxylic acids is 1. The van der Waals surface area contributed by atoms with Crippen LogP contribution < -0.4 is 18.9 Å². The number of methoxy groups -OCH3 is 2. The summed E-state index contributed by atoms with van der Waals surface area (Å²) in [5, 5.41) is 0. The van der Waals surface area contributed by atoms with Gasteiger partial charge >= 0.3 is 5.97 Å². The van der Waals surface area contributed by atoms with Gasteiger partial charge in [0, 0.05) is 5.56 Å². The van der Waals surface area contributed by atoms with Crippen molar-refractivity contribution >= 4 is 17.9 Å². The van der Waals surface area contributed by atoms with Gasteiger partial charge in [0.2, 0.25) is 18.4 Å². The maximum Gasteiger partial charge on any atom is 0.363 e. The molecule has 7 nitrogen and oxygen atoms in total. The Kier molecular flexibility index (Phi) is 3.96. The summed E-state index contributed by atoms with van der Waals surface area (Å²) in [7, 11) is 3.13. The Bertz CT molecular complexity index is 930. The van der Waals surface area contributed by atoms with Gasteiger partial charge in [-0.05, 0) is 48.0 Å². The summed E-state index contributed by atoms with van der Waals surface area (Å²) >= 11 is 0. The average molecular weight is 353 g/mol. The van der Waals surface area contributed by atoms with E-state index in [0.29, 0.717) is 34.1 Å². The monoisotopic (exact) mass is 353 g/mol. The molecular weight excluding hydrogens is 338 g/mol. The lowest BCUT2D eigenvalue weighted by Gasteiger charge is -2.05. The summed E-state index contributed by atoms with van der Waals surface area (Å²) in [6.07, 6.45) is 1.61. The van der Waals surface area contributed by atoms with Gasteiger partial charge in [0.1, 0.15) is 5.75 Å². The van der Waals surface area contributed by atoms with E-state index < -0.39 is 5.97 Å². The standard InChI is InChI=1S/C19H15NO6/c1-22-13-5-3-12(4-6-13)18-20-14(19(21)26-18)7-11-8-15(23-2)17-16(9-11)24-10-25-17/h3-9H,10H2,1-2H3/b14-7-. The minimum absolute atomic E-state index is 0.132. The largest absolute Gasteiger partial charge is 0.497 e. The first-order valence-electron chi connectivity index (χ1n) is 7.82. The second-order valence-electron chi connectivity index (χ2n) is 5.52. The number of ether oxygens (including phenoxy) is 5. The number of fused-ring (bicyclic) bond motifs is 1. The predicted octanol–water partition coefficient (Wildman–Crippen LogP) is 2.78. The Morgan fingerprint density at radius 2 is 1.88 bits per heavy atom. The van der Waals surface area contributed by atoms with Crippen molar-refractivity contribution in [3.05, 3.63) is 53.2 Å². The number of esters is 1. The molecule has 0 bridgehead atoms. The molecule has 26 heavy (non-hydrogen) atoms. The molecular formula is C19H15NO6. The van der Waals surface area contributed by atoms with Gasteiger partial charge in [0.25, 0.3) is 0 Å². The van der Waals surface area contributed by atoms with Gasteiger partial charge < -0.3 is 23.7 Å². The topological polar surface area (TPSA) is 75.6 Å². The highest BCUT2D eigenvalue weighted by Crippen LogP contribution is 2.42. The van der Waals surface area contributed by atoms with Crippen molar-refractivity contribution in [2.45, 2.75) is 0 Å². The molecule has 0 amide bonds. The number of aliphatic imine (C=N–C) groups is 1. The van der Waals surface area contributed by atoms with Crippen molar-refractivity contribution in [2.24, 2.45) is 4.99 Å². The zero-order chi connectivity index (χ0) is 18.1. The SMILES string of the molecule is COc1ccc(C2=N/C(=C\c3cc(OC)c4c(c3)OCO4)C(=O)O2)cc1. The van der Waals surface area contributed by atoms with Crippen LogP contribution in [0.1, 0.15) is 11.1 Å². The van der Waals surface area contributed by atoms with E-state index in [1.165, 1.54) is 7.11 Å². The summed E-state index contributed by atoms with van der Waals surface area (Å²) in [6.45, 7) is 0.132. The third kappa shape index (κ3) is 2.83. The maximum atomic E-state index is 12.2. The molecule has 0 spiro atoms. The van der Waals surface area contributed by atoms with E-state index in [-0.39, 0.29) is 18.4 Å². The number of hydrogen-bond donors (Lipinski definition) is 0. The number of nitrogens with zero attached hydrogens (tertiary/aromatic N) is 1. The van der Waals surface area contributed by atoms with Gasteiger partial charge in [0.05, 0.1) is 14.2 Å². The van der Waals surface area contributed by atoms with Crippen LogP contribution in [0, 0.1) is 0 Å². The molecule has 2 aliphatic heterocycles. The molecule has 0 aromatic heterocycles. The normalized spacial score (nSPS) is 16.5. The molecule has 2 aromatic carbocycles. The van der Waals surface area contributed by atoms with Crippen LogP contribution >= 0.6 is 0 Å². The van der Waals surface area contributed by atoms with Gasteiger partial charge in [-0.1, -0.05) is 0 Å². The fraction of sp³-hybridized carbons (Fsp3) is 0.158. The van der Waals surface area contributed by atoms with Gasteiger partial charge in [-0.3, -0.25) is 0 Å². The lowest BCUT2D eigenvalue weighted by molar-refractivity contribution is -0.129. The average Bonchev–Trinajstić information content (AvgIpc) is 3.28. The zero-order valence-corrected chi connectivity index (χ0v) is 14.1. The highest BCUT2D eigenvalue weighted by molar-refractivity contribution is 6.12. The lowest BCUT2D eigenvalue weighted by Crippen LogP contribution is -2.05. The second kappa shape index (κ2) is 6.44. The van der Waals surface area contributed by atoms with E-state index in [0.717, 1.165) is 0 Å². The molecule has 0 aliphatic carbocycles. The summed E-state index contributed by atoms with van der Waals surface area (Å²) in [5.74, 6) is 2.07. The first-order chi connectivity index (χ1) is 12.7. The summed E-state index contributed by atoms with van der Waals surface area (Å²) < 4.78 is 26.4. The fourth-order valence-corrected chi connectivity index (χ4v) is 2.66. The third-order valence-electron chi connectivity index (χ3n) is 3.94. The highest BCUT2D eigenvalue weighted by atomic mass is 16.7. The van der Waals surface area contributed by atoms with E-state index >= 15 is 0 Å². The van der Waals surface area contributed by atoms with E-state index in [9.17, 15) is 4.79 Å².